The number of nitrogens with two attached hydrogens (primary N) is 1. The molecular formula is C16H19N7O6. The molecule has 1 saturated heterocycles. The molecule has 154 valence electrons. The Morgan fingerprint density at radius 1 is 1.38 bits per heavy atom. The Morgan fingerprint density at radius 3 is 2.86 bits per heavy atom. The molecule has 0 bridgehead atoms. The van der Waals surface area contributed by atoms with E-state index >= 15 is 0 Å². The predicted molar refractivity (Wildman–Crippen MR) is 95.3 cm³/mol. The van der Waals surface area contributed by atoms with Gasteiger partial charge in [0.2, 0.25) is 0 Å². The number of nitrogen functional groups attached to an aromatic ring is 1. The SMILES string of the molecule is CCOC(=O)c1cnn([C@@]2(n3cnc4c(N)ncnc43)O[C@H](CO)[C@@H](O)[C@H]2O)c1. The average molecular weight is 405 g/mol. The number of rotatable bonds is 5. The van der Waals surface area contributed by atoms with E-state index in [2.05, 4.69) is 20.1 Å². The average Bonchev–Trinajstić information content (AvgIpc) is 3.42. The zero-order valence-electron chi connectivity index (χ0n) is 15.3. The van der Waals surface area contributed by atoms with Crippen molar-refractivity contribution in [3.8, 4) is 0 Å². The molecule has 4 rings (SSSR count). The summed E-state index contributed by atoms with van der Waals surface area (Å²) in [5.74, 6) is -2.43. The van der Waals surface area contributed by atoms with Crippen LogP contribution in [0.4, 0.5) is 5.82 Å². The lowest BCUT2D eigenvalue weighted by Gasteiger charge is -2.33. The number of aliphatic hydroxyl groups excluding tert-OH is 3. The van der Waals surface area contributed by atoms with Gasteiger partial charge in [0.05, 0.1) is 25.0 Å². The molecule has 0 aromatic carbocycles. The summed E-state index contributed by atoms with van der Waals surface area (Å²) in [5, 5.41) is 35.1. The Hall–Kier alpha value is -3.13. The number of esters is 1. The van der Waals surface area contributed by atoms with Crippen LogP contribution in [0.15, 0.2) is 25.0 Å². The maximum absolute atomic E-state index is 12.1. The monoisotopic (exact) mass is 405 g/mol. The van der Waals surface area contributed by atoms with Crippen molar-refractivity contribution in [1.29, 1.82) is 0 Å². The molecular weight excluding hydrogens is 386 g/mol. The van der Waals surface area contributed by atoms with Gasteiger partial charge in [-0.25, -0.2) is 24.4 Å². The first kappa shape index (κ1) is 19.2. The highest BCUT2D eigenvalue weighted by molar-refractivity contribution is 5.88. The van der Waals surface area contributed by atoms with E-state index in [0.717, 1.165) is 4.68 Å². The third kappa shape index (κ3) is 2.74. The van der Waals surface area contributed by atoms with E-state index in [1.165, 1.54) is 29.6 Å². The summed E-state index contributed by atoms with van der Waals surface area (Å²) in [7, 11) is 0. The summed E-state index contributed by atoms with van der Waals surface area (Å²) >= 11 is 0. The Morgan fingerprint density at radius 2 is 2.17 bits per heavy atom. The van der Waals surface area contributed by atoms with Crippen LogP contribution in [0, 0.1) is 0 Å². The number of aliphatic hydroxyl groups is 3. The lowest BCUT2D eigenvalue weighted by Crippen LogP contribution is -2.51. The second-order valence-corrected chi connectivity index (χ2v) is 6.37. The van der Waals surface area contributed by atoms with Gasteiger partial charge in [-0.2, -0.15) is 5.10 Å². The van der Waals surface area contributed by atoms with Crippen LogP contribution >= 0.6 is 0 Å². The van der Waals surface area contributed by atoms with Crippen molar-refractivity contribution in [1.82, 2.24) is 29.3 Å². The van der Waals surface area contributed by atoms with E-state index in [-0.39, 0.29) is 29.2 Å². The molecule has 0 unspecified atom stereocenters. The van der Waals surface area contributed by atoms with Crippen molar-refractivity contribution in [3.63, 3.8) is 0 Å². The second kappa shape index (κ2) is 7.04. The Balaban J connectivity index is 1.92. The number of carbonyl (C=O) groups excluding carboxylic acids is 1. The highest BCUT2D eigenvalue weighted by atomic mass is 16.6. The summed E-state index contributed by atoms with van der Waals surface area (Å²) in [5.41, 5.74) is 6.37. The van der Waals surface area contributed by atoms with Gasteiger partial charge in [0.15, 0.2) is 17.6 Å². The molecule has 0 aliphatic carbocycles. The van der Waals surface area contributed by atoms with Crippen molar-refractivity contribution in [3.05, 3.63) is 30.6 Å². The first-order valence-corrected chi connectivity index (χ1v) is 8.75. The van der Waals surface area contributed by atoms with Crippen molar-refractivity contribution >= 4 is 23.0 Å². The molecule has 0 amide bonds. The third-order valence-electron chi connectivity index (χ3n) is 4.72. The molecule has 0 spiro atoms. The predicted octanol–water partition coefficient (Wildman–Crippen LogP) is -1.95. The number of carbonyl (C=O) groups is 1. The van der Waals surface area contributed by atoms with Crippen LogP contribution < -0.4 is 5.73 Å². The fourth-order valence-electron chi connectivity index (χ4n) is 3.34. The van der Waals surface area contributed by atoms with Gasteiger partial charge in [-0.3, -0.25) is 4.57 Å². The van der Waals surface area contributed by atoms with Crippen molar-refractivity contribution in [2.24, 2.45) is 0 Å². The number of nitrogens with zero attached hydrogens (tertiary/aromatic N) is 6. The number of hydrogen-bond acceptors (Lipinski definition) is 11. The van der Waals surface area contributed by atoms with Gasteiger partial charge in [-0.05, 0) is 6.92 Å². The standard InChI is InChI=1S/C16H19N7O6/c1-2-28-15(27)8-3-21-23(4-8)16(12(26)11(25)9(5-24)29-16)22-7-20-10-13(17)18-6-19-14(10)22/h3-4,6-7,9,11-12,24-26H,2,5H2,1H3,(H2,17,18,19)/t9-,11-,12-,16-/m1/s1. The van der Waals surface area contributed by atoms with Crippen LogP contribution in [0.1, 0.15) is 17.3 Å². The van der Waals surface area contributed by atoms with Crippen LogP contribution in [0.3, 0.4) is 0 Å². The quantitative estimate of drug-likeness (QED) is 0.346. The highest BCUT2D eigenvalue weighted by Gasteiger charge is 2.58. The third-order valence-corrected chi connectivity index (χ3v) is 4.72. The van der Waals surface area contributed by atoms with Crippen molar-refractivity contribution in [2.45, 2.75) is 31.1 Å². The summed E-state index contributed by atoms with van der Waals surface area (Å²) in [6.07, 6.45) is 0.808. The zero-order chi connectivity index (χ0) is 20.8. The smallest absolute Gasteiger partial charge is 0.341 e. The minimum atomic E-state index is -1.91. The molecule has 4 heterocycles. The minimum Gasteiger partial charge on any atom is -0.462 e. The highest BCUT2D eigenvalue weighted by Crippen LogP contribution is 2.38. The van der Waals surface area contributed by atoms with E-state index in [0.29, 0.717) is 0 Å². The zero-order valence-corrected chi connectivity index (χ0v) is 15.3. The van der Waals surface area contributed by atoms with Gasteiger partial charge in [-0.1, -0.05) is 0 Å². The van der Waals surface area contributed by atoms with Crippen molar-refractivity contribution < 1.29 is 29.6 Å². The van der Waals surface area contributed by atoms with Crippen LogP contribution in [0.5, 0.6) is 0 Å². The van der Waals surface area contributed by atoms with Crippen LogP contribution in [0.2, 0.25) is 0 Å². The number of ether oxygens (including phenoxy) is 2. The first-order valence-electron chi connectivity index (χ1n) is 8.75. The normalized spacial score (nSPS) is 26.8. The molecule has 1 fully saturated rings. The number of hydrogen-bond donors (Lipinski definition) is 4. The lowest BCUT2D eigenvalue weighted by atomic mass is 10.1. The number of imidazole rings is 1. The molecule has 5 N–H and O–H groups in total. The van der Waals surface area contributed by atoms with Gasteiger partial charge in [-0.15, -0.1) is 0 Å². The number of fused-ring (bicyclic) bond motifs is 1. The van der Waals surface area contributed by atoms with Gasteiger partial charge >= 0.3 is 5.97 Å². The molecule has 0 radical (unpaired) electrons. The topological polar surface area (TPSA) is 184 Å². The van der Waals surface area contributed by atoms with Crippen LogP contribution in [-0.4, -0.2) is 82.1 Å². The maximum atomic E-state index is 12.1. The Kier molecular flexibility index (Phi) is 4.66. The maximum Gasteiger partial charge on any atom is 0.341 e. The van der Waals surface area contributed by atoms with Crippen LogP contribution in [-0.2, 0) is 15.3 Å². The largest absolute Gasteiger partial charge is 0.462 e. The van der Waals surface area contributed by atoms with Gasteiger partial charge in [0.25, 0.3) is 5.85 Å². The van der Waals surface area contributed by atoms with E-state index in [9.17, 15) is 20.1 Å². The fourth-order valence-corrected chi connectivity index (χ4v) is 3.34. The molecule has 1 aliphatic rings. The minimum absolute atomic E-state index is 0.0996. The summed E-state index contributed by atoms with van der Waals surface area (Å²) in [6, 6.07) is 0. The fraction of sp³-hybridized carbons (Fsp3) is 0.438. The van der Waals surface area contributed by atoms with E-state index in [1.807, 2.05) is 0 Å². The molecule has 1 aliphatic heterocycles. The molecule has 4 atom stereocenters. The molecule has 0 saturated carbocycles. The lowest BCUT2D eigenvalue weighted by molar-refractivity contribution is -0.172. The molecule has 13 heteroatoms. The van der Waals surface area contributed by atoms with Gasteiger partial charge in [0, 0.05) is 6.20 Å². The van der Waals surface area contributed by atoms with Gasteiger partial charge < -0.3 is 30.5 Å². The first-order chi connectivity index (χ1) is 13.9. The van der Waals surface area contributed by atoms with Gasteiger partial charge in [0.1, 0.15) is 30.4 Å². The Labute approximate surface area is 163 Å². The summed E-state index contributed by atoms with van der Waals surface area (Å²) in [4.78, 5) is 24.2. The second-order valence-electron chi connectivity index (χ2n) is 6.37. The van der Waals surface area contributed by atoms with Crippen LogP contribution in [0.25, 0.3) is 11.2 Å². The number of aromatic nitrogens is 6. The Bertz CT molecular complexity index is 1050. The van der Waals surface area contributed by atoms with E-state index in [1.54, 1.807) is 6.92 Å². The van der Waals surface area contributed by atoms with E-state index in [4.69, 9.17) is 15.2 Å². The summed E-state index contributed by atoms with van der Waals surface area (Å²) < 4.78 is 13.3. The molecule has 13 nitrogen and oxygen atoms in total. The van der Waals surface area contributed by atoms with E-state index < -0.39 is 36.7 Å². The molecule has 29 heavy (non-hydrogen) atoms. The van der Waals surface area contributed by atoms with Crippen molar-refractivity contribution in [2.75, 3.05) is 18.9 Å². The number of anilines is 1. The molecule has 3 aromatic heterocycles. The molecule has 3 aromatic rings. The summed E-state index contributed by atoms with van der Waals surface area (Å²) in [6.45, 7) is 1.26.